The van der Waals surface area contributed by atoms with Gasteiger partial charge < -0.3 is 25.0 Å². The number of ether oxygens (including phenoxy) is 2. The molecule has 3 N–H and O–H groups in total. The van der Waals surface area contributed by atoms with E-state index in [9.17, 15) is 15.0 Å². The van der Waals surface area contributed by atoms with E-state index in [0.717, 1.165) is 11.4 Å². The van der Waals surface area contributed by atoms with Gasteiger partial charge in [0, 0.05) is 48.6 Å². The van der Waals surface area contributed by atoms with Gasteiger partial charge in [0.1, 0.15) is 11.9 Å². The number of carbonyl (C=O) groups excluding carboxylic acids is 2. The Morgan fingerprint density at radius 2 is 1.85 bits per heavy atom. The molecule has 0 radical (unpaired) electrons. The van der Waals surface area contributed by atoms with Crippen LogP contribution in [0.4, 0.5) is 17.1 Å². The largest absolute Gasteiger partial charge is 0.497 e. The number of rotatable bonds is 11. The topological polar surface area (TPSA) is 139 Å². The van der Waals surface area contributed by atoms with Crippen LogP contribution in [0.5, 0.6) is 5.75 Å². The van der Waals surface area contributed by atoms with E-state index in [4.69, 9.17) is 9.47 Å². The van der Waals surface area contributed by atoms with Crippen molar-refractivity contribution in [3.8, 4) is 5.75 Å². The first-order chi connectivity index (χ1) is 23.0. The van der Waals surface area contributed by atoms with Gasteiger partial charge in [-0.3, -0.25) is 19.2 Å². The molecule has 0 unspecified atom stereocenters. The standard InChI is InChI=1S/C36H43N5O6Si/c1-23-33(48(4,5)29-14-12-28(46-3)13-15-29)32(17-19-40-22-26(18-20-42)38-39-40)47-36(23)30-21-25(37-34(44)24(2)43)11-16-31(30)41(35(36)45)27-9-7-6-8-10-27/h6-16,21-24,32-33,42-43H,17-20H2,1-5H3,(H,37,44)/t23-,24+,32+,33-,36+/m1/s1. The van der Waals surface area contributed by atoms with Crippen LogP contribution in [-0.4, -0.2) is 71.0 Å². The summed E-state index contributed by atoms with van der Waals surface area (Å²) in [5.74, 6) is -0.184. The molecule has 4 aromatic rings. The Morgan fingerprint density at radius 1 is 1.12 bits per heavy atom. The molecular weight excluding hydrogens is 627 g/mol. The van der Waals surface area contributed by atoms with Gasteiger partial charge in [-0.2, -0.15) is 0 Å². The van der Waals surface area contributed by atoms with Crippen LogP contribution < -0.4 is 20.1 Å². The highest BCUT2D eigenvalue weighted by Gasteiger charge is 2.66. The number of aliphatic hydroxyl groups is 2. The van der Waals surface area contributed by atoms with Crippen LogP contribution in [0.3, 0.4) is 0 Å². The maximum absolute atomic E-state index is 15.0. The van der Waals surface area contributed by atoms with E-state index in [0.29, 0.717) is 42.0 Å². The lowest BCUT2D eigenvalue weighted by Gasteiger charge is -2.37. The van der Waals surface area contributed by atoms with Crippen molar-refractivity contribution in [3.63, 3.8) is 0 Å². The maximum Gasteiger partial charge on any atom is 0.268 e. The fourth-order valence-electron chi connectivity index (χ4n) is 7.60. The summed E-state index contributed by atoms with van der Waals surface area (Å²) >= 11 is 0. The summed E-state index contributed by atoms with van der Waals surface area (Å²) in [6, 6.07) is 23.2. The third-order valence-corrected chi connectivity index (χ3v) is 14.4. The average Bonchev–Trinajstić information content (AvgIpc) is 3.73. The highest BCUT2D eigenvalue weighted by Crippen LogP contribution is 2.61. The minimum absolute atomic E-state index is 0.00503. The first-order valence-electron chi connectivity index (χ1n) is 16.4. The van der Waals surface area contributed by atoms with Crippen LogP contribution in [0.25, 0.3) is 0 Å². The summed E-state index contributed by atoms with van der Waals surface area (Å²) in [5, 5.41) is 31.8. The summed E-state index contributed by atoms with van der Waals surface area (Å²) in [4.78, 5) is 29.3. The van der Waals surface area contributed by atoms with Crippen LogP contribution in [-0.2, 0) is 32.9 Å². The third-order valence-electron chi connectivity index (χ3n) is 10.0. The summed E-state index contributed by atoms with van der Waals surface area (Å²) in [6.45, 7) is 8.70. The molecule has 252 valence electrons. The van der Waals surface area contributed by atoms with Gasteiger partial charge in [-0.15, -0.1) is 5.10 Å². The van der Waals surface area contributed by atoms with Crippen LogP contribution in [0.1, 0.15) is 31.5 Å². The molecule has 2 amide bonds. The molecule has 5 atom stereocenters. The molecule has 6 rings (SSSR count). The highest BCUT2D eigenvalue weighted by atomic mass is 28.3. The molecule has 2 aliphatic rings. The molecule has 12 heteroatoms. The Bertz CT molecular complexity index is 1780. The second kappa shape index (κ2) is 13.3. The predicted molar refractivity (Wildman–Crippen MR) is 185 cm³/mol. The zero-order valence-corrected chi connectivity index (χ0v) is 29.0. The molecule has 1 fully saturated rings. The fraction of sp³-hybridized carbons (Fsp3) is 0.389. The van der Waals surface area contributed by atoms with Crippen LogP contribution >= 0.6 is 0 Å². The number of para-hydroxylation sites is 1. The van der Waals surface area contributed by atoms with Crippen molar-refractivity contribution in [2.45, 2.75) is 69.7 Å². The molecule has 3 heterocycles. The number of anilines is 3. The normalized spacial score (nSPS) is 22.6. The summed E-state index contributed by atoms with van der Waals surface area (Å²) in [7, 11) is -0.734. The van der Waals surface area contributed by atoms with Gasteiger partial charge >= 0.3 is 0 Å². The van der Waals surface area contributed by atoms with Gasteiger partial charge in [0.25, 0.3) is 11.8 Å². The lowest BCUT2D eigenvalue weighted by molar-refractivity contribution is -0.145. The number of benzene rings is 3. The van der Waals surface area contributed by atoms with Crippen LogP contribution in [0.2, 0.25) is 18.6 Å². The number of hydrogen-bond acceptors (Lipinski definition) is 8. The fourth-order valence-corrected chi connectivity index (χ4v) is 11.7. The molecule has 11 nitrogen and oxygen atoms in total. The SMILES string of the molecule is COc1ccc([Si](C)(C)[C@H]2[C@H](CCn3cc(CCO)nn3)O[C@@]3(C(=O)N(c4ccccc4)c4ccc(NC(=O)[C@H](C)O)cc43)[C@@H]2C)cc1. The first kappa shape index (κ1) is 33.5. The molecular formula is C36H43N5O6Si. The van der Waals surface area contributed by atoms with Crippen molar-refractivity contribution < 1.29 is 29.3 Å². The molecule has 1 aromatic heterocycles. The Labute approximate surface area is 281 Å². The summed E-state index contributed by atoms with van der Waals surface area (Å²) in [6.07, 6.45) is 1.33. The van der Waals surface area contributed by atoms with Crippen LogP contribution in [0, 0.1) is 5.92 Å². The predicted octanol–water partition coefficient (Wildman–Crippen LogP) is 4.13. The quantitative estimate of drug-likeness (QED) is 0.203. The van der Waals surface area contributed by atoms with E-state index in [1.54, 1.807) is 22.8 Å². The lowest BCUT2D eigenvalue weighted by atomic mass is 9.82. The summed E-state index contributed by atoms with van der Waals surface area (Å²) < 4.78 is 14.4. The lowest BCUT2D eigenvalue weighted by Crippen LogP contribution is -2.51. The Hall–Kier alpha value is -4.36. The van der Waals surface area contributed by atoms with E-state index in [-0.39, 0.29) is 30.1 Å². The van der Waals surface area contributed by atoms with Crippen molar-refractivity contribution in [2.24, 2.45) is 5.92 Å². The van der Waals surface area contributed by atoms with Gasteiger partial charge in [0.15, 0.2) is 5.60 Å². The zero-order chi connectivity index (χ0) is 34.2. The van der Waals surface area contributed by atoms with Gasteiger partial charge in [0.05, 0.1) is 32.7 Å². The van der Waals surface area contributed by atoms with E-state index in [2.05, 4.69) is 47.8 Å². The van der Waals surface area contributed by atoms with Crippen molar-refractivity contribution in [3.05, 3.63) is 90.3 Å². The summed E-state index contributed by atoms with van der Waals surface area (Å²) in [5.41, 5.74) is 1.95. The first-order valence-corrected chi connectivity index (χ1v) is 19.4. The number of nitrogens with one attached hydrogen (secondary N) is 1. The second-order valence-electron chi connectivity index (χ2n) is 13.3. The molecule has 0 aliphatic carbocycles. The number of nitrogens with zero attached hydrogens (tertiary/aromatic N) is 4. The van der Waals surface area contributed by atoms with Crippen molar-refractivity contribution in [2.75, 3.05) is 23.9 Å². The number of carbonyl (C=O) groups is 2. The minimum atomic E-state index is -2.39. The van der Waals surface area contributed by atoms with Crippen molar-refractivity contribution >= 4 is 42.1 Å². The number of fused-ring (bicyclic) bond motifs is 2. The zero-order valence-electron chi connectivity index (χ0n) is 28.0. The van der Waals surface area contributed by atoms with Crippen molar-refractivity contribution in [1.82, 2.24) is 15.0 Å². The molecule has 1 spiro atoms. The average molecular weight is 670 g/mol. The number of aliphatic hydroxyl groups excluding tert-OH is 2. The number of methoxy groups -OCH3 is 1. The number of hydrogen-bond donors (Lipinski definition) is 3. The Kier molecular flexibility index (Phi) is 9.27. The van der Waals surface area contributed by atoms with E-state index < -0.39 is 25.7 Å². The molecule has 3 aromatic carbocycles. The number of aromatic nitrogens is 3. The van der Waals surface area contributed by atoms with Gasteiger partial charge in [-0.1, -0.05) is 60.7 Å². The molecule has 0 saturated carbocycles. The number of amides is 2. The molecule has 1 saturated heterocycles. The second-order valence-corrected chi connectivity index (χ2v) is 18.0. The third kappa shape index (κ3) is 5.83. The van der Waals surface area contributed by atoms with Crippen molar-refractivity contribution in [1.29, 1.82) is 0 Å². The van der Waals surface area contributed by atoms with E-state index >= 15 is 4.79 Å². The molecule has 2 aliphatic heterocycles. The highest BCUT2D eigenvalue weighted by molar-refractivity contribution is 6.91. The van der Waals surface area contributed by atoms with Gasteiger partial charge in [-0.05, 0) is 61.4 Å². The van der Waals surface area contributed by atoms with Gasteiger partial charge in [0.2, 0.25) is 0 Å². The van der Waals surface area contributed by atoms with Gasteiger partial charge in [-0.25, -0.2) is 0 Å². The Morgan fingerprint density at radius 3 is 2.52 bits per heavy atom. The van der Waals surface area contributed by atoms with E-state index in [1.165, 1.54) is 12.1 Å². The molecule has 0 bridgehead atoms. The smallest absolute Gasteiger partial charge is 0.268 e. The van der Waals surface area contributed by atoms with E-state index in [1.807, 2.05) is 60.8 Å². The monoisotopic (exact) mass is 669 g/mol. The number of aryl methyl sites for hydroxylation is 1. The van der Waals surface area contributed by atoms with Crippen LogP contribution in [0.15, 0.2) is 79.0 Å². The minimum Gasteiger partial charge on any atom is -0.497 e. The maximum atomic E-state index is 15.0. The Balaban J connectivity index is 1.47. The molecule has 48 heavy (non-hydrogen) atoms.